The molecule has 0 heterocycles. The lowest BCUT2D eigenvalue weighted by Gasteiger charge is -2.11. The van der Waals surface area contributed by atoms with Gasteiger partial charge in [0.25, 0.3) is 5.69 Å². The fourth-order valence-corrected chi connectivity index (χ4v) is 3.33. The summed E-state index contributed by atoms with van der Waals surface area (Å²) in [6.07, 6.45) is 1.52. The van der Waals surface area contributed by atoms with Crippen LogP contribution in [0.3, 0.4) is 0 Å². The first-order valence-corrected chi connectivity index (χ1v) is 9.36. The van der Waals surface area contributed by atoms with Crippen molar-refractivity contribution in [2.45, 2.75) is 6.61 Å². The van der Waals surface area contributed by atoms with Gasteiger partial charge < -0.3 is 4.74 Å². The van der Waals surface area contributed by atoms with Crippen molar-refractivity contribution in [2.24, 2.45) is 0 Å². The molecule has 3 rings (SSSR count). The van der Waals surface area contributed by atoms with E-state index in [1.807, 2.05) is 6.07 Å². The summed E-state index contributed by atoms with van der Waals surface area (Å²) in [7, 11) is 0. The molecule has 0 saturated heterocycles. The van der Waals surface area contributed by atoms with E-state index >= 15 is 0 Å². The summed E-state index contributed by atoms with van der Waals surface area (Å²) in [5.74, 6) is -0.146. The zero-order chi connectivity index (χ0) is 21.7. The van der Waals surface area contributed by atoms with E-state index in [1.165, 1.54) is 36.4 Å². The van der Waals surface area contributed by atoms with Gasteiger partial charge in [0.1, 0.15) is 12.4 Å². The number of nitro benzene ring substituents is 1. The minimum atomic E-state index is -0.531. The molecule has 0 aliphatic heterocycles. The number of non-ortho nitro benzene ring substituents is 1. The summed E-state index contributed by atoms with van der Waals surface area (Å²) in [6, 6.07) is 16.9. The molecule has 150 valence electrons. The average Bonchev–Trinajstić information content (AvgIpc) is 2.71. The second-order valence-electron chi connectivity index (χ2n) is 6.21. The molecule has 0 aliphatic rings. The van der Waals surface area contributed by atoms with Crippen molar-refractivity contribution in [2.75, 3.05) is 0 Å². The fraction of sp³-hybridized carbons (Fsp3) is 0.0455. The highest BCUT2D eigenvalue weighted by molar-refractivity contribution is 6.37. The maximum atomic E-state index is 13.3. The van der Waals surface area contributed by atoms with Gasteiger partial charge in [-0.3, -0.25) is 10.1 Å². The first-order chi connectivity index (χ1) is 14.4. The molecule has 0 aliphatic carbocycles. The number of hydrogen-bond donors (Lipinski definition) is 0. The van der Waals surface area contributed by atoms with Gasteiger partial charge >= 0.3 is 0 Å². The number of rotatable bonds is 6. The van der Waals surface area contributed by atoms with Gasteiger partial charge in [-0.1, -0.05) is 47.5 Å². The average molecular weight is 443 g/mol. The van der Waals surface area contributed by atoms with Crippen molar-refractivity contribution < 1.29 is 14.1 Å². The van der Waals surface area contributed by atoms with Crippen molar-refractivity contribution >= 4 is 40.5 Å². The number of nitro groups is 1. The minimum absolute atomic E-state index is 0.0729. The van der Waals surface area contributed by atoms with E-state index in [-0.39, 0.29) is 39.5 Å². The second-order valence-corrected chi connectivity index (χ2v) is 7.02. The number of halogens is 3. The van der Waals surface area contributed by atoms with Crippen molar-refractivity contribution in [1.82, 2.24) is 0 Å². The molecule has 0 fully saturated rings. The lowest BCUT2D eigenvalue weighted by Crippen LogP contribution is -1.97. The number of ether oxygens (including phenoxy) is 1. The molecule has 5 nitrogen and oxygen atoms in total. The van der Waals surface area contributed by atoms with E-state index in [0.717, 1.165) is 0 Å². The third kappa shape index (κ3) is 5.15. The van der Waals surface area contributed by atoms with Gasteiger partial charge in [-0.05, 0) is 47.0 Å². The molecule has 0 amide bonds. The minimum Gasteiger partial charge on any atom is -0.486 e. The van der Waals surface area contributed by atoms with Gasteiger partial charge in [-0.2, -0.15) is 5.26 Å². The molecule has 3 aromatic rings. The molecule has 0 saturated carbocycles. The molecule has 0 radical (unpaired) electrons. The van der Waals surface area contributed by atoms with Crippen molar-refractivity contribution in [3.63, 3.8) is 0 Å². The molecule has 0 spiro atoms. The number of allylic oxidation sites excluding steroid dienone is 1. The third-order valence-electron chi connectivity index (χ3n) is 4.09. The highest BCUT2D eigenvalue weighted by Crippen LogP contribution is 2.36. The highest BCUT2D eigenvalue weighted by Gasteiger charge is 2.12. The Morgan fingerprint density at radius 3 is 2.47 bits per heavy atom. The maximum absolute atomic E-state index is 13.3. The molecule has 0 N–H and O–H groups in total. The van der Waals surface area contributed by atoms with Crippen LogP contribution in [0.2, 0.25) is 10.0 Å². The quantitative estimate of drug-likeness (QED) is 0.184. The van der Waals surface area contributed by atoms with Crippen molar-refractivity contribution in [3.8, 4) is 11.8 Å². The predicted octanol–water partition coefficient (Wildman–Crippen LogP) is 6.68. The van der Waals surface area contributed by atoms with Crippen LogP contribution in [0.4, 0.5) is 10.1 Å². The van der Waals surface area contributed by atoms with Crippen LogP contribution in [0, 0.1) is 27.3 Å². The largest absolute Gasteiger partial charge is 0.486 e. The third-order valence-corrected chi connectivity index (χ3v) is 4.65. The van der Waals surface area contributed by atoms with E-state index in [0.29, 0.717) is 16.7 Å². The lowest BCUT2D eigenvalue weighted by atomic mass is 10.0. The van der Waals surface area contributed by atoms with Crippen LogP contribution in [0.15, 0.2) is 60.7 Å². The smallest absolute Gasteiger partial charge is 0.270 e. The van der Waals surface area contributed by atoms with Gasteiger partial charge in [0.05, 0.1) is 26.6 Å². The molecule has 30 heavy (non-hydrogen) atoms. The van der Waals surface area contributed by atoms with Crippen LogP contribution in [0.5, 0.6) is 5.75 Å². The number of nitriles is 1. The van der Waals surface area contributed by atoms with Gasteiger partial charge in [-0.15, -0.1) is 0 Å². The summed E-state index contributed by atoms with van der Waals surface area (Å²) in [5, 5.41) is 20.9. The maximum Gasteiger partial charge on any atom is 0.270 e. The van der Waals surface area contributed by atoms with Crippen LogP contribution in [-0.2, 0) is 6.61 Å². The summed E-state index contributed by atoms with van der Waals surface area (Å²) in [4.78, 5) is 10.4. The van der Waals surface area contributed by atoms with E-state index < -0.39 is 4.92 Å². The molecule has 3 aromatic carbocycles. The zero-order valence-corrected chi connectivity index (χ0v) is 16.8. The van der Waals surface area contributed by atoms with Crippen LogP contribution >= 0.6 is 23.2 Å². The Morgan fingerprint density at radius 1 is 1.13 bits per heavy atom. The zero-order valence-electron chi connectivity index (χ0n) is 15.3. The standard InChI is InChI=1S/C22H13Cl2FN2O3/c23-20-9-15(7-17(12-26)16-4-2-6-19(11-16)27(28)29)10-21(24)22(20)30-13-14-3-1-5-18(25)8-14/h1-11H,13H2. The summed E-state index contributed by atoms with van der Waals surface area (Å²) < 4.78 is 18.9. The number of benzene rings is 3. The Kier molecular flexibility index (Phi) is 6.68. The molecule has 0 aromatic heterocycles. The van der Waals surface area contributed by atoms with Gasteiger partial charge in [-0.25, -0.2) is 4.39 Å². The first kappa shape index (κ1) is 21.3. The fourth-order valence-electron chi connectivity index (χ4n) is 2.72. The normalized spacial score (nSPS) is 11.1. The molecule has 8 heteroatoms. The van der Waals surface area contributed by atoms with Crippen LogP contribution in [0.1, 0.15) is 16.7 Å². The Morgan fingerprint density at radius 2 is 1.83 bits per heavy atom. The van der Waals surface area contributed by atoms with Crippen LogP contribution < -0.4 is 4.74 Å². The second kappa shape index (κ2) is 9.40. The molecule has 0 unspecified atom stereocenters. The van der Waals surface area contributed by atoms with E-state index in [2.05, 4.69) is 0 Å². The molecular weight excluding hydrogens is 430 g/mol. The van der Waals surface area contributed by atoms with E-state index in [1.54, 1.807) is 30.3 Å². The van der Waals surface area contributed by atoms with Crippen molar-refractivity contribution in [1.29, 1.82) is 5.26 Å². The van der Waals surface area contributed by atoms with Gasteiger partial charge in [0.2, 0.25) is 0 Å². The first-order valence-electron chi connectivity index (χ1n) is 8.60. The topological polar surface area (TPSA) is 76.2 Å². The summed E-state index contributed by atoms with van der Waals surface area (Å²) >= 11 is 12.6. The Bertz CT molecular complexity index is 1170. The van der Waals surface area contributed by atoms with Crippen LogP contribution in [0.25, 0.3) is 11.6 Å². The van der Waals surface area contributed by atoms with E-state index in [4.69, 9.17) is 27.9 Å². The molecule has 0 bridgehead atoms. The number of nitrogens with zero attached hydrogens (tertiary/aromatic N) is 2. The predicted molar refractivity (Wildman–Crippen MR) is 114 cm³/mol. The molecule has 0 atom stereocenters. The van der Waals surface area contributed by atoms with Gasteiger partial charge in [0.15, 0.2) is 5.75 Å². The lowest BCUT2D eigenvalue weighted by molar-refractivity contribution is -0.384. The monoisotopic (exact) mass is 442 g/mol. The summed E-state index contributed by atoms with van der Waals surface area (Å²) in [6.45, 7) is 0.0729. The summed E-state index contributed by atoms with van der Waals surface area (Å²) in [5.41, 5.74) is 1.62. The van der Waals surface area contributed by atoms with Gasteiger partial charge in [0, 0.05) is 12.1 Å². The Balaban J connectivity index is 1.87. The number of hydrogen-bond acceptors (Lipinski definition) is 4. The van der Waals surface area contributed by atoms with Crippen LogP contribution in [-0.4, -0.2) is 4.92 Å². The SMILES string of the molecule is N#CC(=Cc1cc(Cl)c(OCc2cccc(F)c2)c(Cl)c1)c1cccc([N+](=O)[O-])c1. The highest BCUT2D eigenvalue weighted by atomic mass is 35.5. The Hall–Kier alpha value is -3.40. The van der Waals surface area contributed by atoms with E-state index in [9.17, 15) is 19.8 Å². The van der Waals surface area contributed by atoms with Crippen molar-refractivity contribution in [3.05, 3.63) is 103 Å². The molecular formula is C22H13Cl2FN2O3. The Labute approximate surface area is 181 Å².